The molecule has 1 saturated carbocycles. The molecular weight excluding hydrogens is 420 g/mol. The van der Waals surface area contributed by atoms with Crippen LogP contribution in [0.15, 0.2) is 24.3 Å². The van der Waals surface area contributed by atoms with Crippen molar-refractivity contribution in [1.29, 1.82) is 0 Å². The van der Waals surface area contributed by atoms with Gasteiger partial charge in [-0.2, -0.15) is 5.10 Å². The summed E-state index contributed by atoms with van der Waals surface area (Å²) in [6.07, 6.45) is 4.01. The van der Waals surface area contributed by atoms with E-state index in [1.54, 1.807) is 11.8 Å². The molecule has 0 unspecified atom stereocenters. The lowest BCUT2D eigenvalue weighted by molar-refractivity contribution is -0.127. The minimum atomic E-state index is -1.22. The molecule has 2 aliphatic rings. The van der Waals surface area contributed by atoms with Gasteiger partial charge < -0.3 is 10.1 Å². The molecule has 8 nitrogen and oxygen atoms in total. The van der Waals surface area contributed by atoms with E-state index in [4.69, 9.17) is 4.74 Å². The van der Waals surface area contributed by atoms with Gasteiger partial charge in [0.05, 0.1) is 13.7 Å². The van der Waals surface area contributed by atoms with Crippen LogP contribution in [0, 0.1) is 19.8 Å². The predicted molar refractivity (Wildman–Crippen MR) is 124 cm³/mol. The fraction of sp³-hybridized carbons (Fsp3) is 0.520. The van der Waals surface area contributed by atoms with Crippen molar-refractivity contribution in [3.63, 3.8) is 0 Å². The standard InChI is InChI=1S/C25H32N4O4/c1-15-7-10-18(11-8-15)26-24(32)25(4)14-28-21(13-19(27-28)23(31)33-5)22(30)29(25)20-12-16(2)6-9-17(20)3/h6,9,12-13,15,18H,7-8,10-11,14H2,1-5H3,(H,26,32)/t15?,18?,25-/m1/s1. The summed E-state index contributed by atoms with van der Waals surface area (Å²) in [7, 11) is 1.27. The van der Waals surface area contributed by atoms with Crippen LogP contribution in [-0.4, -0.2) is 46.3 Å². The number of anilines is 1. The zero-order valence-electron chi connectivity index (χ0n) is 20.0. The first-order chi connectivity index (χ1) is 15.6. The molecule has 1 atom stereocenters. The average Bonchev–Trinajstić information content (AvgIpc) is 3.21. The van der Waals surface area contributed by atoms with E-state index in [9.17, 15) is 14.4 Å². The normalized spacial score (nSPS) is 24.9. The summed E-state index contributed by atoms with van der Waals surface area (Å²) in [6.45, 7) is 8.02. The Kier molecular flexibility index (Phi) is 6.03. The first-order valence-electron chi connectivity index (χ1n) is 11.5. The van der Waals surface area contributed by atoms with Crippen LogP contribution < -0.4 is 10.2 Å². The first kappa shape index (κ1) is 23.0. The van der Waals surface area contributed by atoms with Gasteiger partial charge in [0.1, 0.15) is 11.2 Å². The zero-order chi connectivity index (χ0) is 23.9. The molecule has 2 heterocycles. The van der Waals surface area contributed by atoms with Crippen molar-refractivity contribution >= 4 is 23.5 Å². The molecule has 1 N–H and O–H groups in total. The van der Waals surface area contributed by atoms with Crippen molar-refractivity contribution in [3.05, 3.63) is 46.8 Å². The predicted octanol–water partition coefficient (Wildman–Crippen LogP) is 3.40. The molecule has 176 valence electrons. The lowest BCUT2D eigenvalue weighted by atomic mass is 9.86. The Morgan fingerprint density at radius 3 is 2.52 bits per heavy atom. The van der Waals surface area contributed by atoms with Crippen LogP contribution in [0.3, 0.4) is 0 Å². The number of carbonyl (C=O) groups excluding carboxylic acids is 3. The topological polar surface area (TPSA) is 93.5 Å². The molecule has 1 aromatic heterocycles. The largest absolute Gasteiger partial charge is 0.464 e. The maximum atomic E-state index is 13.8. The fourth-order valence-corrected chi connectivity index (χ4v) is 4.87. The third-order valence-electron chi connectivity index (χ3n) is 6.99. The second-order valence-electron chi connectivity index (χ2n) is 9.70. The maximum Gasteiger partial charge on any atom is 0.358 e. The van der Waals surface area contributed by atoms with E-state index >= 15 is 0 Å². The first-order valence-corrected chi connectivity index (χ1v) is 11.5. The molecule has 0 radical (unpaired) electrons. The van der Waals surface area contributed by atoms with E-state index in [1.165, 1.54) is 17.9 Å². The number of esters is 1. The van der Waals surface area contributed by atoms with Crippen LogP contribution in [0.1, 0.15) is 71.6 Å². The number of nitrogens with zero attached hydrogens (tertiary/aromatic N) is 3. The number of aromatic nitrogens is 2. The highest BCUT2D eigenvalue weighted by Gasteiger charge is 2.50. The van der Waals surface area contributed by atoms with Gasteiger partial charge in [0.25, 0.3) is 5.91 Å². The molecular formula is C25H32N4O4. The molecule has 2 aromatic rings. The Balaban J connectivity index is 1.77. The highest BCUT2D eigenvalue weighted by atomic mass is 16.5. The molecule has 8 heteroatoms. The number of hydrogen-bond donors (Lipinski definition) is 1. The smallest absolute Gasteiger partial charge is 0.358 e. The van der Waals surface area contributed by atoms with Crippen molar-refractivity contribution in [1.82, 2.24) is 15.1 Å². The molecule has 0 saturated heterocycles. The van der Waals surface area contributed by atoms with E-state index in [0.717, 1.165) is 36.8 Å². The van der Waals surface area contributed by atoms with Crippen molar-refractivity contribution in [2.24, 2.45) is 5.92 Å². The third kappa shape index (κ3) is 4.14. The molecule has 1 aromatic carbocycles. The van der Waals surface area contributed by atoms with Gasteiger partial charge in [-0.3, -0.25) is 19.2 Å². The minimum Gasteiger partial charge on any atom is -0.464 e. The molecule has 1 aliphatic carbocycles. The van der Waals surface area contributed by atoms with Gasteiger partial charge in [-0.1, -0.05) is 19.1 Å². The number of fused-ring (bicyclic) bond motifs is 1. The van der Waals surface area contributed by atoms with Gasteiger partial charge >= 0.3 is 5.97 Å². The number of aryl methyl sites for hydroxylation is 2. The van der Waals surface area contributed by atoms with Crippen LogP contribution in [0.4, 0.5) is 5.69 Å². The molecule has 0 spiro atoms. The number of amides is 2. The van der Waals surface area contributed by atoms with E-state index in [0.29, 0.717) is 11.6 Å². The summed E-state index contributed by atoms with van der Waals surface area (Å²) in [6, 6.07) is 7.38. The summed E-state index contributed by atoms with van der Waals surface area (Å²) in [4.78, 5) is 41.2. The fourth-order valence-electron chi connectivity index (χ4n) is 4.87. The number of methoxy groups -OCH3 is 1. The van der Waals surface area contributed by atoms with Gasteiger partial charge in [-0.25, -0.2) is 4.79 Å². The van der Waals surface area contributed by atoms with Crippen LogP contribution in [0.25, 0.3) is 0 Å². The van der Waals surface area contributed by atoms with E-state index < -0.39 is 11.5 Å². The van der Waals surface area contributed by atoms with Crippen molar-refractivity contribution in [2.75, 3.05) is 12.0 Å². The Morgan fingerprint density at radius 1 is 1.15 bits per heavy atom. The number of rotatable bonds is 4. The lowest BCUT2D eigenvalue weighted by Gasteiger charge is -2.44. The van der Waals surface area contributed by atoms with E-state index in [-0.39, 0.29) is 35.8 Å². The van der Waals surface area contributed by atoms with Gasteiger partial charge in [-0.15, -0.1) is 0 Å². The monoisotopic (exact) mass is 452 g/mol. The van der Waals surface area contributed by atoms with Gasteiger partial charge in [0, 0.05) is 17.8 Å². The lowest BCUT2D eigenvalue weighted by Crippen LogP contribution is -2.65. The summed E-state index contributed by atoms with van der Waals surface area (Å²) < 4.78 is 6.24. The van der Waals surface area contributed by atoms with Crippen LogP contribution in [0.2, 0.25) is 0 Å². The van der Waals surface area contributed by atoms with Crippen LogP contribution >= 0.6 is 0 Å². The number of nitrogens with one attached hydrogen (secondary N) is 1. The van der Waals surface area contributed by atoms with E-state index in [2.05, 4.69) is 17.3 Å². The second kappa shape index (κ2) is 8.65. The van der Waals surface area contributed by atoms with Gasteiger partial charge in [-0.05, 0) is 69.6 Å². The maximum absolute atomic E-state index is 13.8. The summed E-state index contributed by atoms with van der Waals surface area (Å²) >= 11 is 0. The Hall–Kier alpha value is -3.16. The average molecular weight is 453 g/mol. The highest BCUT2D eigenvalue weighted by molar-refractivity contribution is 6.12. The number of ether oxygens (including phenoxy) is 1. The zero-order valence-corrected chi connectivity index (χ0v) is 20.0. The van der Waals surface area contributed by atoms with Gasteiger partial charge in [0.15, 0.2) is 5.69 Å². The highest BCUT2D eigenvalue weighted by Crippen LogP contribution is 2.36. The molecule has 4 rings (SSSR count). The third-order valence-corrected chi connectivity index (χ3v) is 6.99. The number of hydrogen-bond acceptors (Lipinski definition) is 5. The van der Waals surface area contributed by atoms with Gasteiger partial charge in [0.2, 0.25) is 5.91 Å². The van der Waals surface area contributed by atoms with Crippen LogP contribution in [-0.2, 0) is 16.1 Å². The summed E-state index contributed by atoms with van der Waals surface area (Å²) in [5, 5.41) is 7.50. The Labute approximate surface area is 194 Å². The molecule has 1 aliphatic heterocycles. The number of benzene rings is 1. The Morgan fingerprint density at radius 2 is 1.85 bits per heavy atom. The van der Waals surface area contributed by atoms with E-state index in [1.807, 2.05) is 32.0 Å². The Bertz CT molecular complexity index is 1100. The second-order valence-corrected chi connectivity index (χ2v) is 9.70. The number of carbonyl (C=O) groups is 3. The molecule has 33 heavy (non-hydrogen) atoms. The molecule has 0 bridgehead atoms. The minimum absolute atomic E-state index is 0.0488. The molecule has 1 fully saturated rings. The van der Waals surface area contributed by atoms with Crippen molar-refractivity contribution in [3.8, 4) is 0 Å². The SMILES string of the molecule is COC(=O)c1cc2n(n1)C[C@](C)(C(=O)NC1CCC(C)CC1)N(c1cc(C)ccc1C)C2=O. The van der Waals surface area contributed by atoms with Crippen LogP contribution in [0.5, 0.6) is 0 Å². The van der Waals surface area contributed by atoms with Crippen molar-refractivity contribution < 1.29 is 19.1 Å². The quantitative estimate of drug-likeness (QED) is 0.718. The summed E-state index contributed by atoms with van der Waals surface area (Å²) in [5.41, 5.74) is 1.65. The summed E-state index contributed by atoms with van der Waals surface area (Å²) in [5.74, 6) is -0.533. The van der Waals surface area contributed by atoms with Crippen molar-refractivity contribution in [2.45, 2.75) is 71.5 Å². The molecule has 2 amide bonds.